The summed E-state index contributed by atoms with van der Waals surface area (Å²) < 4.78 is 2.11. The maximum Gasteiger partial charge on any atom is 0.227 e. The zero-order valence-corrected chi connectivity index (χ0v) is 22.9. The number of hydrogen-bond acceptors (Lipinski definition) is 8. The van der Waals surface area contributed by atoms with Crippen LogP contribution in [0.4, 0.5) is 11.8 Å². The SMILES string of the molecule is CC(C)n1cnc2c(NCc3ccc(-c4cccnc4)cc3)nc(NC3CCCCC3)nc21.CC=O.CN. The molecule has 0 unspecified atom stereocenters. The number of imidazole rings is 1. The minimum Gasteiger partial charge on any atom is -0.364 e. The summed E-state index contributed by atoms with van der Waals surface area (Å²) in [6.45, 7) is 6.40. The van der Waals surface area contributed by atoms with E-state index in [1.54, 1.807) is 6.20 Å². The van der Waals surface area contributed by atoms with Crippen LogP contribution in [0, 0.1) is 0 Å². The van der Waals surface area contributed by atoms with Gasteiger partial charge in [-0.25, -0.2) is 4.98 Å². The molecule has 5 rings (SSSR count). The lowest BCUT2D eigenvalue weighted by molar-refractivity contribution is -0.106. The second kappa shape index (κ2) is 14.8. The Morgan fingerprint density at radius 1 is 1.05 bits per heavy atom. The van der Waals surface area contributed by atoms with Crippen LogP contribution in [0.25, 0.3) is 22.3 Å². The average molecular weight is 517 g/mol. The van der Waals surface area contributed by atoms with Crippen molar-refractivity contribution in [2.45, 2.75) is 71.5 Å². The summed E-state index contributed by atoms with van der Waals surface area (Å²) in [6.07, 6.45) is 12.5. The Hall–Kier alpha value is -3.85. The third-order valence-electron chi connectivity index (χ3n) is 6.32. The van der Waals surface area contributed by atoms with Gasteiger partial charge in [0.25, 0.3) is 0 Å². The zero-order chi connectivity index (χ0) is 27.3. The second-order valence-corrected chi connectivity index (χ2v) is 9.32. The smallest absolute Gasteiger partial charge is 0.227 e. The van der Waals surface area contributed by atoms with E-state index in [0.717, 1.165) is 34.4 Å². The van der Waals surface area contributed by atoms with E-state index in [4.69, 9.17) is 14.8 Å². The van der Waals surface area contributed by atoms with Gasteiger partial charge in [-0.2, -0.15) is 9.97 Å². The van der Waals surface area contributed by atoms with E-state index in [2.05, 4.69) is 75.1 Å². The molecule has 9 heteroatoms. The molecule has 1 fully saturated rings. The Labute approximate surface area is 225 Å². The highest BCUT2D eigenvalue weighted by molar-refractivity contribution is 5.84. The van der Waals surface area contributed by atoms with E-state index < -0.39 is 0 Å². The van der Waals surface area contributed by atoms with Crippen LogP contribution in [-0.4, -0.2) is 43.9 Å². The molecule has 3 heterocycles. The van der Waals surface area contributed by atoms with Crippen LogP contribution in [0.15, 0.2) is 55.1 Å². The number of aldehydes is 1. The van der Waals surface area contributed by atoms with Crippen molar-refractivity contribution in [1.29, 1.82) is 0 Å². The Kier molecular flexibility index (Phi) is 11.2. The first-order valence-electron chi connectivity index (χ1n) is 13.3. The molecule has 0 aliphatic heterocycles. The van der Waals surface area contributed by atoms with Crippen molar-refractivity contribution < 1.29 is 4.79 Å². The molecule has 0 atom stereocenters. The van der Waals surface area contributed by atoms with Gasteiger partial charge in [0, 0.05) is 31.0 Å². The van der Waals surface area contributed by atoms with Gasteiger partial charge in [-0.05, 0) is 63.4 Å². The molecule has 4 N–H and O–H groups in total. The summed E-state index contributed by atoms with van der Waals surface area (Å²) in [5, 5.41) is 7.10. The molecule has 3 aromatic heterocycles. The molecule has 0 spiro atoms. The molecule has 9 nitrogen and oxygen atoms in total. The number of nitrogens with two attached hydrogens (primary N) is 1. The number of hydrogen-bond donors (Lipinski definition) is 3. The van der Waals surface area contributed by atoms with Gasteiger partial charge in [0.05, 0.1) is 6.33 Å². The molecule has 38 heavy (non-hydrogen) atoms. The number of rotatable bonds is 7. The summed E-state index contributed by atoms with van der Waals surface area (Å²) in [5.74, 6) is 1.46. The van der Waals surface area contributed by atoms with Crippen molar-refractivity contribution in [3.8, 4) is 11.1 Å². The number of benzene rings is 1. The highest BCUT2D eigenvalue weighted by atomic mass is 16.1. The summed E-state index contributed by atoms with van der Waals surface area (Å²) in [6, 6.07) is 13.3. The predicted octanol–water partition coefficient (Wildman–Crippen LogP) is 5.61. The number of nitrogens with zero attached hydrogens (tertiary/aromatic N) is 5. The highest BCUT2D eigenvalue weighted by Crippen LogP contribution is 2.26. The van der Waals surface area contributed by atoms with Crippen LogP contribution in [0.3, 0.4) is 0 Å². The predicted molar refractivity (Wildman–Crippen MR) is 155 cm³/mol. The van der Waals surface area contributed by atoms with Crippen LogP contribution in [-0.2, 0) is 11.3 Å². The van der Waals surface area contributed by atoms with Crippen molar-refractivity contribution >= 4 is 29.2 Å². The van der Waals surface area contributed by atoms with E-state index in [0.29, 0.717) is 18.5 Å². The van der Waals surface area contributed by atoms with Gasteiger partial charge in [-0.15, -0.1) is 0 Å². The van der Waals surface area contributed by atoms with Gasteiger partial charge in [0.15, 0.2) is 17.0 Å². The molecular formula is C29H40N8O. The van der Waals surface area contributed by atoms with E-state index in [1.165, 1.54) is 51.6 Å². The molecule has 0 amide bonds. The number of carbonyl (C=O) groups is 1. The molecule has 1 aliphatic rings. The largest absolute Gasteiger partial charge is 0.364 e. The molecule has 4 aromatic rings. The first-order valence-corrected chi connectivity index (χ1v) is 13.3. The normalized spacial score (nSPS) is 13.2. The van der Waals surface area contributed by atoms with Crippen molar-refractivity contribution in [2.24, 2.45) is 5.73 Å². The van der Waals surface area contributed by atoms with Crippen LogP contribution in [0.1, 0.15) is 64.5 Å². The molecule has 0 saturated heterocycles. The fourth-order valence-corrected chi connectivity index (χ4v) is 4.45. The number of nitrogens with one attached hydrogen (secondary N) is 2. The van der Waals surface area contributed by atoms with Crippen molar-refractivity contribution in [2.75, 3.05) is 17.7 Å². The van der Waals surface area contributed by atoms with Gasteiger partial charge in [-0.3, -0.25) is 4.98 Å². The second-order valence-electron chi connectivity index (χ2n) is 9.32. The van der Waals surface area contributed by atoms with Crippen molar-refractivity contribution in [3.63, 3.8) is 0 Å². The van der Waals surface area contributed by atoms with Crippen molar-refractivity contribution in [1.82, 2.24) is 24.5 Å². The van der Waals surface area contributed by atoms with E-state index in [-0.39, 0.29) is 6.04 Å². The Balaban J connectivity index is 0.000000748. The summed E-state index contributed by atoms with van der Waals surface area (Å²) in [4.78, 5) is 27.3. The zero-order valence-electron chi connectivity index (χ0n) is 22.9. The van der Waals surface area contributed by atoms with Gasteiger partial charge >= 0.3 is 0 Å². The number of anilines is 2. The standard InChI is InChI=1S/C26H31N7.C2H4O.CH5N/c1-18(2)33-17-29-23-24(31-26(32-25(23)33)30-22-8-4-3-5-9-22)28-15-19-10-12-20(13-11-19)21-7-6-14-27-16-21;1-2-3;1-2/h6-7,10-14,16-18,22H,3-5,8-9,15H2,1-2H3,(H2,28,30,31,32);2H,1H3;2H2,1H3. The fraction of sp³-hybridized carbons (Fsp3) is 0.414. The number of carbonyl (C=O) groups excluding carboxylic acids is 1. The van der Waals surface area contributed by atoms with Gasteiger partial charge in [0.1, 0.15) is 6.29 Å². The summed E-state index contributed by atoms with van der Waals surface area (Å²) in [7, 11) is 1.50. The van der Waals surface area contributed by atoms with E-state index in [9.17, 15) is 0 Å². The maximum absolute atomic E-state index is 8.81. The Morgan fingerprint density at radius 2 is 1.76 bits per heavy atom. The van der Waals surface area contributed by atoms with Gasteiger partial charge in [0.2, 0.25) is 5.95 Å². The summed E-state index contributed by atoms with van der Waals surface area (Å²) >= 11 is 0. The van der Waals surface area contributed by atoms with E-state index in [1.807, 2.05) is 18.6 Å². The van der Waals surface area contributed by atoms with Crippen LogP contribution in [0.2, 0.25) is 0 Å². The molecule has 1 aliphatic carbocycles. The topological polar surface area (TPSA) is 124 Å². The first kappa shape index (κ1) is 28.7. The minimum absolute atomic E-state index is 0.278. The number of pyridine rings is 1. The fourth-order valence-electron chi connectivity index (χ4n) is 4.45. The lowest BCUT2D eigenvalue weighted by Gasteiger charge is -2.23. The number of fused-ring (bicyclic) bond motifs is 1. The van der Waals surface area contributed by atoms with Crippen LogP contribution >= 0.6 is 0 Å². The molecule has 0 radical (unpaired) electrons. The third-order valence-corrected chi connectivity index (χ3v) is 6.32. The molecule has 1 aromatic carbocycles. The summed E-state index contributed by atoms with van der Waals surface area (Å²) in [5.41, 5.74) is 9.63. The van der Waals surface area contributed by atoms with E-state index >= 15 is 0 Å². The van der Waals surface area contributed by atoms with Crippen molar-refractivity contribution in [3.05, 3.63) is 60.7 Å². The lowest BCUT2D eigenvalue weighted by atomic mass is 9.96. The lowest BCUT2D eigenvalue weighted by Crippen LogP contribution is -2.24. The third kappa shape index (κ3) is 7.58. The van der Waals surface area contributed by atoms with Crippen LogP contribution in [0.5, 0.6) is 0 Å². The number of aromatic nitrogens is 5. The average Bonchev–Trinajstić information content (AvgIpc) is 3.39. The molecule has 202 valence electrons. The van der Waals surface area contributed by atoms with Gasteiger partial charge in [-0.1, -0.05) is 49.6 Å². The highest BCUT2D eigenvalue weighted by Gasteiger charge is 2.18. The molecule has 0 bridgehead atoms. The van der Waals surface area contributed by atoms with Gasteiger partial charge < -0.3 is 25.7 Å². The Morgan fingerprint density at radius 3 is 2.39 bits per heavy atom. The minimum atomic E-state index is 0.278. The maximum atomic E-state index is 8.81. The molecular weight excluding hydrogens is 476 g/mol. The molecule has 1 saturated carbocycles. The first-order chi connectivity index (χ1) is 18.6. The monoisotopic (exact) mass is 516 g/mol. The quantitative estimate of drug-likeness (QED) is 0.271. The van der Waals surface area contributed by atoms with Crippen LogP contribution < -0.4 is 16.4 Å². The Bertz CT molecular complexity index is 1250.